The summed E-state index contributed by atoms with van der Waals surface area (Å²) in [6.07, 6.45) is -3.62. The fraction of sp³-hybridized carbons (Fsp3) is 0.500. The summed E-state index contributed by atoms with van der Waals surface area (Å²) in [4.78, 5) is 11.6. The zero-order valence-electron chi connectivity index (χ0n) is 11.5. The van der Waals surface area contributed by atoms with Crippen LogP contribution >= 0.6 is 0 Å². The molecule has 0 radical (unpaired) electrons. The minimum atomic E-state index is -4.64. The average molecular weight is 307 g/mol. The maximum absolute atomic E-state index is 13.0. The molecule has 0 aliphatic rings. The molecule has 0 aliphatic heterocycles. The molecule has 0 spiro atoms. The first-order chi connectivity index (χ1) is 9.84. The van der Waals surface area contributed by atoms with Gasteiger partial charge in [-0.15, -0.1) is 0 Å². The Kier molecular flexibility index (Phi) is 6.61. The van der Waals surface area contributed by atoms with Crippen LogP contribution in [0.5, 0.6) is 0 Å². The first-order valence-corrected chi connectivity index (χ1v) is 6.45. The number of alkyl halides is 3. The summed E-state index contributed by atoms with van der Waals surface area (Å²) >= 11 is 0. The Morgan fingerprint density at radius 3 is 2.38 bits per heavy atom. The van der Waals surface area contributed by atoms with E-state index < -0.39 is 23.9 Å². The second-order valence-electron chi connectivity index (χ2n) is 4.54. The van der Waals surface area contributed by atoms with E-state index in [0.29, 0.717) is 19.4 Å². The van der Waals surface area contributed by atoms with Crippen LogP contribution in [-0.4, -0.2) is 25.8 Å². The number of ether oxygens (including phenoxy) is 1. The number of amides is 1. The van der Waals surface area contributed by atoms with Crippen LogP contribution in [0, 0.1) is 5.82 Å². The van der Waals surface area contributed by atoms with Gasteiger partial charge in [0.15, 0.2) is 6.04 Å². The van der Waals surface area contributed by atoms with Crippen LogP contribution < -0.4 is 5.32 Å². The van der Waals surface area contributed by atoms with E-state index >= 15 is 0 Å². The quantitative estimate of drug-likeness (QED) is 0.619. The number of rotatable bonds is 7. The van der Waals surface area contributed by atoms with Crippen LogP contribution in [0.25, 0.3) is 0 Å². The molecule has 0 bridgehead atoms. The van der Waals surface area contributed by atoms with Crippen LogP contribution in [-0.2, 0) is 9.53 Å². The van der Waals surface area contributed by atoms with Crippen molar-refractivity contribution in [3.63, 3.8) is 0 Å². The van der Waals surface area contributed by atoms with Crippen molar-refractivity contribution in [3.8, 4) is 0 Å². The molecule has 0 fully saturated rings. The number of halogens is 4. The van der Waals surface area contributed by atoms with Crippen LogP contribution in [0.15, 0.2) is 24.3 Å². The number of nitrogens with one attached hydrogen (secondary N) is 1. The van der Waals surface area contributed by atoms with Gasteiger partial charge in [-0.1, -0.05) is 12.1 Å². The highest BCUT2D eigenvalue weighted by atomic mass is 19.4. The lowest BCUT2D eigenvalue weighted by Crippen LogP contribution is -2.38. The molecular weight excluding hydrogens is 290 g/mol. The number of unbranched alkanes of at least 4 members (excludes halogenated alkanes) is 1. The molecule has 1 amide bonds. The number of hydrogen-bond acceptors (Lipinski definition) is 2. The number of hydrogen-bond donors (Lipinski definition) is 1. The van der Waals surface area contributed by atoms with Gasteiger partial charge in [0.05, 0.1) is 0 Å². The summed E-state index contributed by atoms with van der Waals surface area (Å²) in [7, 11) is 1.51. The summed E-state index contributed by atoms with van der Waals surface area (Å²) in [5.41, 5.74) is -0.200. The van der Waals surface area contributed by atoms with Crippen molar-refractivity contribution >= 4 is 5.91 Å². The van der Waals surface area contributed by atoms with Crippen LogP contribution in [0.4, 0.5) is 17.6 Å². The third kappa shape index (κ3) is 6.12. The Balaban J connectivity index is 2.67. The fourth-order valence-electron chi connectivity index (χ4n) is 1.77. The Labute approximate surface area is 120 Å². The van der Waals surface area contributed by atoms with E-state index in [1.807, 2.05) is 5.32 Å². The van der Waals surface area contributed by atoms with E-state index in [0.717, 1.165) is 24.3 Å². The van der Waals surface area contributed by atoms with Crippen molar-refractivity contribution in [1.82, 2.24) is 5.32 Å². The van der Waals surface area contributed by atoms with Crippen molar-refractivity contribution in [3.05, 3.63) is 35.6 Å². The third-order valence-electron chi connectivity index (χ3n) is 2.84. The van der Waals surface area contributed by atoms with Crippen molar-refractivity contribution in [2.75, 3.05) is 13.7 Å². The Morgan fingerprint density at radius 2 is 1.86 bits per heavy atom. The lowest BCUT2D eigenvalue weighted by molar-refractivity contribution is -0.163. The van der Waals surface area contributed by atoms with E-state index in [-0.39, 0.29) is 12.0 Å². The second-order valence-corrected chi connectivity index (χ2v) is 4.54. The van der Waals surface area contributed by atoms with E-state index in [1.165, 1.54) is 7.11 Å². The number of methoxy groups -OCH3 is 1. The molecule has 0 aliphatic carbocycles. The molecule has 21 heavy (non-hydrogen) atoms. The maximum Gasteiger partial charge on any atom is 0.412 e. The van der Waals surface area contributed by atoms with Crippen LogP contribution in [0.3, 0.4) is 0 Å². The normalized spacial score (nSPS) is 13.0. The topological polar surface area (TPSA) is 38.3 Å². The zero-order chi connectivity index (χ0) is 15.9. The lowest BCUT2D eigenvalue weighted by Gasteiger charge is -2.22. The van der Waals surface area contributed by atoms with E-state index in [2.05, 4.69) is 0 Å². The minimum Gasteiger partial charge on any atom is -0.385 e. The first kappa shape index (κ1) is 17.4. The van der Waals surface area contributed by atoms with Crippen molar-refractivity contribution in [1.29, 1.82) is 0 Å². The molecule has 1 atom stereocenters. The predicted octanol–water partition coefficient (Wildman–Crippen LogP) is 3.36. The first-order valence-electron chi connectivity index (χ1n) is 6.45. The molecule has 0 saturated carbocycles. The van der Waals surface area contributed by atoms with Gasteiger partial charge >= 0.3 is 6.18 Å². The smallest absolute Gasteiger partial charge is 0.385 e. The highest BCUT2D eigenvalue weighted by Crippen LogP contribution is 2.32. The monoisotopic (exact) mass is 307 g/mol. The van der Waals surface area contributed by atoms with Gasteiger partial charge in [-0.2, -0.15) is 13.2 Å². The van der Waals surface area contributed by atoms with Gasteiger partial charge in [0, 0.05) is 20.1 Å². The van der Waals surface area contributed by atoms with Gasteiger partial charge in [-0.3, -0.25) is 4.79 Å². The van der Waals surface area contributed by atoms with Gasteiger partial charge in [0.25, 0.3) is 0 Å². The molecular formula is C14H17F4NO2. The summed E-state index contributed by atoms with van der Waals surface area (Å²) in [5, 5.41) is 1.94. The van der Waals surface area contributed by atoms with Crippen molar-refractivity contribution in [2.45, 2.75) is 31.5 Å². The molecule has 118 valence electrons. The fourth-order valence-corrected chi connectivity index (χ4v) is 1.77. The molecule has 0 unspecified atom stereocenters. The molecule has 7 heteroatoms. The van der Waals surface area contributed by atoms with Gasteiger partial charge in [-0.25, -0.2) is 4.39 Å². The molecule has 1 N–H and O–H groups in total. The molecule has 1 aromatic rings. The Morgan fingerprint density at radius 1 is 1.24 bits per heavy atom. The zero-order valence-corrected chi connectivity index (χ0v) is 11.5. The Hall–Kier alpha value is -1.63. The molecule has 0 aromatic heterocycles. The molecule has 0 heterocycles. The largest absolute Gasteiger partial charge is 0.412 e. The second kappa shape index (κ2) is 7.97. The number of benzene rings is 1. The third-order valence-corrected chi connectivity index (χ3v) is 2.84. The SMILES string of the molecule is COCCCCC(=O)N[C@@H](c1ccc(F)cc1)C(F)(F)F. The average Bonchev–Trinajstić information content (AvgIpc) is 2.41. The van der Waals surface area contributed by atoms with Crippen LogP contribution in [0.2, 0.25) is 0 Å². The van der Waals surface area contributed by atoms with E-state index in [1.54, 1.807) is 0 Å². The summed E-state index contributed by atoms with van der Waals surface area (Å²) in [6, 6.07) is 1.75. The van der Waals surface area contributed by atoms with E-state index in [4.69, 9.17) is 4.74 Å². The van der Waals surface area contributed by atoms with E-state index in [9.17, 15) is 22.4 Å². The highest BCUT2D eigenvalue weighted by molar-refractivity contribution is 5.76. The maximum atomic E-state index is 13.0. The van der Waals surface area contributed by atoms with Gasteiger partial charge in [-0.05, 0) is 30.5 Å². The molecule has 1 aromatic carbocycles. The summed E-state index contributed by atoms with van der Waals surface area (Å²) in [5.74, 6) is -1.33. The molecule has 0 saturated heterocycles. The van der Waals surface area contributed by atoms with Gasteiger partial charge < -0.3 is 10.1 Å². The predicted molar refractivity (Wildman–Crippen MR) is 69.1 cm³/mol. The Bertz CT molecular complexity index is 445. The molecule has 3 nitrogen and oxygen atoms in total. The van der Waals surface area contributed by atoms with Gasteiger partial charge in [0.2, 0.25) is 5.91 Å². The number of carbonyl (C=O) groups is 1. The molecule has 1 rings (SSSR count). The summed E-state index contributed by atoms with van der Waals surface area (Å²) < 4.78 is 56.5. The minimum absolute atomic E-state index is 0.0167. The van der Waals surface area contributed by atoms with Crippen molar-refractivity contribution < 1.29 is 27.1 Å². The standard InChI is InChI=1S/C14H17F4NO2/c1-21-9-3-2-4-12(20)19-13(14(16,17)18)10-5-7-11(15)8-6-10/h5-8,13H,2-4,9H2,1H3,(H,19,20)/t13-/m0/s1. The number of carbonyl (C=O) groups excluding carboxylic acids is 1. The van der Waals surface area contributed by atoms with Crippen LogP contribution in [0.1, 0.15) is 30.9 Å². The lowest BCUT2D eigenvalue weighted by atomic mass is 10.1. The van der Waals surface area contributed by atoms with Gasteiger partial charge in [0.1, 0.15) is 5.82 Å². The summed E-state index contributed by atoms with van der Waals surface area (Å²) in [6.45, 7) is 0.452. The highest BCUT2D eigenvalue weighted by Gasteiger charge is 2.41. The van der Waals surface area contributed by atoms with Crippen molar-refractivity contribution in [2.24, 2.45) is 0 Å².